The second-order valence-electron chi connectivity index (χ2n) is 5.74. The SMILES string of the molecule is O=C(NCc1cccnc1)c1ccc2nc(Nc3ccccc3)sc2c1. The number of hydrogen-bond acceptors (Lipinski definition) is 5. The molecule has 4 rings (SSSR count). The quantitative estimate of drug-likeness (QED) is 0.555. The number of nitrogens with zero attached hydrogens (tertiary/aromatic N) is 2. The Morgan fingerprint density at radius 3 is 2.73 bits per heavy atom. The van der Waals surface area contributed by atoms with E-state index in [1.807, 2.05) is 54.6 Å². The highest BCUT2D eigenvalue weighted by atomic mass is 32.1. The van der Waals surface area contributed by atoms with Gasteiger partial charge in [-0.2, -0.15) is 0 Å². The first-order chi connectivity index (χ1) is 12.8. The molecule has 0 aliphatic heterocycles. The number of fused-ring (bicyclic) bond motifs is 1. The number of amides is 1. The summed E-state index contributed by atoms with van der Waals surface area (Å²) in [6.45, 7) is 0.453. The van der Waals surface area contributed by atoms with Crippen LogP contribution >= 0.6 is 11.3 Å². The number of carbonyl (C=O) groups excluding carboxylic acids is 1. The summed E-state index contributed by atoms with van der Waals surface area (Å²) >= 11 is 1.53. The summed E-state index contributed by atoms with van der Waals surface area (Å²) in [7, 11) is 0. The summed E-state index contributed by atoms with van der Waals surface area (Å²) in [5.74, 6) is -0.110. The largest absolute Gasteiger partial charge is 0.348 e. The predicted octanol–water partition coefficient (Wildman–Crippen LogP) is 4.36. The third-order valence-corrected chi connectivity index (χ3v) is 4.79. The first kappa shape index (κ1) is 16.2. The van der Waals surface area contributed by atoms with Crippen molar-refractivity contribution in [3.05, 3.63) is 84.2 Å². The van der Waals surface area contributed by atoms with Crippen molar-refractivity contribution in [2.75, 3.05) is 5.32 Å². The van der Waals surface area contributed by atoms with Crippen molar-refractivity contribution in [3.8, 4) is 0 Å². The maximum absolute atomic E-state index is 12.4. The van der Waals surface area contributed by atoms with Crippen LogP contribution in [0.2, 0.25) is 0 Å². The highest BCUT2D eigenvalue weighted by molar-refractivity contribution is 7.22. The van der Waals surface area contributed by atoms with Crippen molar-refractivity contribution in [3.63, 3.8) is 0 Å². The van der Waals surface area contributed by atoms with E-state index in [9.17, 15) is 4.79 Å². The summed E-state index contributed by atoms with van der Waals surface area (Å²) < 4.78 is 0.970. The highest BCUT2D eigenvalue weighted by Gasteiger charge is 2.10. The standard InChI is InChI=1S/C20H16N4OS/c25-19(22-13-14-5-4-10-21-12-14)15-8-9-17-18(11-15)26-20(24-17)23-16-6-2-1-3-7-16/h1-12H,13H2,(H,22,25)(H,23,24). The first-order valence-electron chi connectivity index (χ1n) is 8.18. The molecule has 128 valence electrons. The minimum Gasteiger partial charge on any atom is -0.348 e. The van der Waals surface area contributed by atoms with Crippen molar-refractivity contribution >= 4 is 38.3 Å². The first-order valence-corrected chi connectivity index (χ1v) is 8.99. The Balaban J connectivity index is 1.49. The molecule has 0 unspecified atom stereocenters. The third-order valence-electron chi connectivity index (χ3n) is 3.85. The van der Waals surface area contributed by atoms with Crippen molar-refractivity contribution < 1.29 is 4.79 Å². The van der Waals surface area contributed by atoms with Gasteiger partial charge in [0.15, 0.2) is 5.13 Å². The van der Waals surface area contributed by atoms with Gasteiger partial charge in [-0.25, -0.2) is 4.98 Å². The molecule has 0 saturated heterocycles. The van der Waals surface area contributed by atoms with E-state index in [2.05, 4.69) is 20.6 Å². The average molecular weight is 360 g/mol. The van der Waals surface area contributed by atoms with Crippen LogP contribution < -0.4 is 10.6 Å². The molecule has 0 aliphatic carbocycles. The Labute approximate surface area is 154 Å². The van der Waals surface area contributed by atoms with Gasteiger partial charge in [0.2, 0.25) is 0 Å². The van der Waals surface area contributed by atoms with Gasteiger partial charge in [0.05, 0.1) is 10.2 Å². The van der Waals surface area contributed by atoms with Gasteiger partial charge >= 0.3 is 0 Å². The Morgan fingerprint density at radius 1 is 1.04 bits per heavy atom. The lowest BCUT2D eigenvalue weighted by atomic mass is 10.2. The number of anilines is 2. The molecule has 2 aromatic heterocycles. The van der Waals surface area contributed by atoms with Gasteiger partial charge in [-0.05, 0) is 42.0 Å². The summed E-state index contributed by atoms with van der Waals surface area (Å²) in [5, 5.41) is 7.01. The number of rotatable bonds is 5. The van der Waals surface area contributed by atoms with Gasteiger partial charge in [0, 0.05) is 30.2 Å². The summed E-state index contributed by atoms with van der Waals surface area (Å²) in [5.41, 5.74) is 3.45. The van der Waals surface area contributed by atoms with Crippen LogP contribution in [0.25, 0.3) is 10.2 Å². The van der Waals surface area contributed by atoms with E-state index in [-0.39, 0.29) is 5.91 Å². The molecule has 2 aromatic carbocycles. The molecule has 6 heteroatoms. The number of thiazole rings is 1. The zero-order chi connectivity index (χ0) is 17.8. The molecule has 2 N–H and O–H groups in total. The maximum atomic E-state index is 12.4. The lowest BCUT2D eigenvalue weighted by molar-refractivity contribution is 0.0951. The molecule has 0 fully saturated rings. The molecule has 0 radical (unpaired) electrons. The monoisotopic (exact) mass is 360 g/mol. The van der Waals surface area contributed by atoms with Crippen LogP contribution in [-0.2, 0) is 6.54 Å². The molecule has 4 aromatic rings. The molecule has 5 nitrogen and oxygen atoms in total. The fraction of sp³-hybridized carbons (Fsp3) is 0.0500. The van der Waals surface area contributed by atoms with Crippen LogP contribution in [0.4, 0.5) is 10.8 Å². The van der Waals surface area contributed by atoms with Gasteiger partial charge in [-0.15, -0.1) is 0 Å². The van der Waals surface area contributed by atoms with Crippen LogP contribution in [0.1, 0.15) is 15.9 Å². The Morgan fingerprint density at radius 2 is 1.92 bits per heavy atom. The van der Waals surface area contributed by atoms with E-state index >= 15 is 0 Å². The molecule has 26 heavy (non-hydrogen) atoms. The van der Waals surface area contributed by atoms with Gasteiger partial charge in [0.25, 0.3) is 5.91 Å². The van der Waals surface area contributed by atoms with Gasteiger partial charge in [-0.3, -0.25) is 9.78 Å². The van der Waals surface area contributed by atoms with E-state index in [1.165, 1.54) is 11.3 Å². The number of benzene rings is 2. The van der Waals surface area contributed by atoms with Crippen LogP contribution in [0.3, 0.4) is 0 Å². The predicted molar refractivity (Wildman–Crippen MR) is 105 cm³/mol. The van der Waals surface area contributed by atoms with Gasteiger partial charge < -0.3 is 10.6 Å². The van der Waals surface area contributed by atoms with E-state index in [0.717, 1.165) is 26.6 Å². The second kappa shape index (κ2) is 7.33. The molecule has 0 spiro atoms. The van der Waals surface area contributed by atoms with Gasteiger partial charge in [-0.1, -0.05) is 35.6 Å². The Hall–Kier alpha value is -3.25. The number of pyridine rings is 1. The summed E-state index contributed by atoms with van der Waals surface area (Å²) in [4.78, 5) is 21.0. The lowest BCUT2D eigenvalue weighted by Crippen LogP contribution is -2.22. The number of carbonyl (C=O) groups is 1. The zero-order valence-electron chi connectivity index (χ0n) is 13.8. The second-order valence-corrected chi connectivity index (χ2v) is 6.77. The average Bonchev–Trinajstić information content (AvgIpc) is 3.09. The number of para-hydroxylation sites is 1. The normalized spacial score (nSPS) is 10.6. The fourth-order valence-electron chi connectivity index (χ4n) is 2.55. The molecule has 2 heterocycles. The van der Waals surface area contributed by atoms with E-state index in [0.29, 0.717) is 12.1 Å². The van der Waals surface area contributed by atoms with E-state index < -0.39 is 0 Å². The number of aromatic nitrogens is 2. The van der Waals surface area contributed by atoms with Crippen molar-refractivity contribution in [2.45, 2.75) is 6.54 Å². The topological polar surface area (TPSA) is 66.9 Å². The molecule has 0 atom stereocenters. The van der Waals surface area contributed by atoms with Crippen molar-refractivity contribution in [1.82, 2.24) is 15.3 Å². The number of nitrogens with one attached hydrogen (secondary N) is 2. The van der Waals surface area contributed by atoms with E-state index in [1.54, 1.807) is 18.5 Å². The molecule has 0 saturated carbocycles. The van der Waals surface area contributed by atoms with Crippen LogP contribution in [0.15, 0.2) is 73.1 Å². The number of hydrogen-bond donors (Lipinski definition) is 2. The van der Waals surface area contributed by atoms with Crippen LogP contribution in [-0.4, -0.2) is 15.9 Å². The lowest BCUT2D eigenvalue weighted by Gasteiger charge is -2.04. The Kier molecular flexibility index (Phi) is 4.57. The molecule has 0 aliphatic rings. The summed E-state index contributed by atoms with van der Waals surface area (Å²) in [6, 6.07) is 19.2. The smallest absolute Gasteiger partial charge is 0.251 e. The fourth-order valence-corrected chi connectivity index (χ4v) is 3.48. The highest BCUT2D eigenvalue weighted by Crippen LogP contribution is 2.29. The third kappa shape index (κ3) is 3.70. The maximum Gasteiger partial charge on any atom is 0.251 e. The summed E-state index contributed by atoms with van der Waals surface area (Å²) in [6.07, 6.45) is 3.46. The van der Waals surface area contributed by atoms with E-state index in [4.69, 9.17) is 0 Å². The molecular weight excluding hydrogens is 344 g/mol. The minimum atomic E-state index is -0.110. The molecule has 0 bridgehead atoms. The molecule has 1 amide bonds. The Bertz CT molecular complexity index is 1030. The van der Waals surface area contributed by atoms with Crippen molar-refractivity contribution in [1.29, 1.82) is 0 Å². The van der Waals surface area contributed by atoms with Crippen LogP contribution in [0, 0.1) is 0 Å². The van der Waals surface area contributed by atoms with Crippen molar-refractivity contribution in [2.24, 2.45) is 0 Å². The van der Waals surface area contributed by atoms with Gasteiger partial charge in [0.1, 0.15) is 0 Å². The zero-order valence-corrected chi connectivity index (χ0v) is 14.7. The minimum absolute atomic E-state index is 0.110. The molecular formula is C20H16N4OS. The van der Waals surface area contributed by atoms with Crippen LogP contribution in [0.5, 0.6) is 0 Å².